The average molecular weight is 261 g/mol. The van der Waals surface area contributed by atoms with Crippen LogP contribution in [0.5, 0.6) is 0 Å². The molecule has 1 atom stereocenters. The van der Waals surface area contributed by atoms with Crippen LogP contribution in [-0.4, -0.2) is 24.2 Å². The third-order valence-corrected chi connectivity index (χ3v) is 4.25. The van der Waals surface area contributed by atoms with Crippen molar-refractivity contribution in [1.29, 1.82) is 0 Å². The predicted octanol–water partition coefficient (Wildman–Crippen LogP) is 2.71. The molecule has 0 bridgehead atoms. The summed E-state index contributed by atoms with van der Waals surface area (Å²) in [5.41, 5.74) is 3.75. The zero-order valence-electron chi connectivity index (χ0n) is 12.0. The molecule has 0 aliphatic carbocycles. The van der Waals surface area contributed by atoms with Crippen LogP contribution in [0.3, 0.4) is 0 Å². The van der Waals surface area contributed by atoms with E-state index in [2.05, 4.69) is 24.4 Å². The summed E-state index contributed by atoms with van der Waals surface area (Å²) in [4.78, 5) is 12.0. The van der Waals surface area contributed by atoms with Crippen molar-refractivity contribution in [3.63, 3.8) is 0 Å². The molecule has 1 aromatic carbocycles. The first-order chi connectivity index (χ1) is 8.97. The summed E-state index contributed by atoms with van der Waals surface area (Å²) in [7, 11) is 0. The van der Waals surface area contributed by atoms with Gasteiger partial charge in [0.1, 0.15) is 0 Å². The first-order valence-corrected chi connectivity index (χ1v) is 7.00. The van der Waals surface area contributed by atoms with Crippen molar-refractivity contribution in [3.05, 3.63) is 34.4 Å². The molecule has 2 rings (SSSR count). The van der Waals surface area contributed by atoms with E-state index in [4.69, 9.17) is 0 Å². The minimum atomic E-state index is -0.717. The number of benzene rings is 1. The van der Waals surface area contributed by atoms with Gasteiger partial charge in [0.25, 0.3) is 0 Å². The smallest absolute Gasteiger partial charge is 0.314 e. The molecule has 1 aromatic rings. The third-order valence-electron chi connectivity index (χ3n) is 4.25. The molecule has 104 valence electrons. The number of nitrogens with one attached hydrogen (secondary N) is 1. The second kappa shape index (κ2) is 5.33. The first kappa shape index (κ1) is 14.1. The molecule has 2 N–H and O–H groups in total. The van der Waals surface area contributed by atoms with E-state index in [1.165, 1.54) is 5.56 Å². The number of carboxylic acid groups (broad SMARTS) is 1. The van der Waals surface area contributed by atoms with E-state index in [0.717, 1.165) is 42.6 Å². The van der Waals surface area contributed by atoms with Crippen LogP contribution >= 0.6 is 0 Å². The number of aliphatic carboxylic acids is 1. The van der Waals surface area contributed by atoms with Gasteiger partial charge < -0.3 is 10.4 Å². The molecule has 1 fully saturated rings. The Balaban J connectivity index is 2.59. The molecular weight excluding hydrogens is 238 g/mol. The lowest BCUT2D eigenvalue weighted by molar-refractivity contribution is -0.144. The maximum Gasteiger partial charge on any atom is 0.314 e. The monoisotopic (exact) mass is 261 g/mol. The second-order valence-corrected chi connectivity index (χ2v) is 5.76. The Hall–Kier alpha value is -1.35. The molecule has 0 aromatic heterocycles. The maximum absolute atomic E-state index is 12.0. The Morgan fingerprint density at radius 3 is 2.37 bits per heavy atom. The van der Waals surface area contributed by atoms with E-state index in [9.17, 15) is 9.90 Å². The highest BCUT2D eigenvalue weighted by Gasteiger charge is 2.42. The molecule has 3 heteroatoms. The fourth-order valence-electron chi connectivity index (χ4n) is 3.57. The summed E-state index contributed by atoms with van der Waals surface area (Å²) in [6.45, 7) is 7.83. The lowest BCUT2D eigenvalue weighted by atomic mass is 9.71. The molecule has 1 aliphatic heterocycles. The van der Waals surface area contributed by atoms with Gasteiger partial charge in [0.2, 0.25) is 0 Å². The normalized spacial score (nSPS) is 23.9. The molecule has 1 aliphatic rings. The molecule has 0 spiro atoms. The Labute approximate surface area is 115 Å². The number of hydrogen-bond donors (Lipinski definition) is 2. The van der Waals surface area contributed by atoms with Crippen LogP contribution in [0.1, 0.15) is 41.5 Å². The van der Waals surface area contributed by atoms with E-state index in [0.29, 0.717) is 6.42 Å². The van der Waals surface area contributed by atoms with Gasteiger partial charge in [0.05, 0.1) is 5.41 Å². The van der Waals surface area contributed by atoms with Crippen LogP contribution in [0.25, 0.3) is 0 Å². The molecule has 1 heterocycles. The van der Waals surface area contributed by atoms with Crippen LogP contribution in [0.15, 0.2) is 12.1 Å². The van der Waals surface area contributed by atoms with E-state index < -0.39 is 11.4 Å². The highest BCUT2D eigenvalue weighted by atomic mass is 16.4. The van der Waals surface area contributed by atoms with Crippen LogP contribution in [0.2, 0.25) is 0 Å². The summed E-state index contributed by atoms with van der Waals surface area (Å²) < 4.78 is 0. The molecule has 0 radical (unpaired) electrons. The van der Waals surface area contributed by atoms with E-state index >= 15 is 0 Å². The van der Waals surface area contributed by atoms with Gasteiger partial charge in [0.15, 0.2) is 0 Å². The van der Waals surface area contributed by atoms with Crippen molar-refractivity contribution < 1.29 is 9.90 Å². The van der Waals surface area contributed by atoms with Crippen molar-refractivity contribution in [2.75, 3.05) is 13.1 Å². The number of carboxylic acids is 1. The molecule has 1 unspecified atom stereocenters. The Kier molecular flexibility index (Phi) is 3.95. The van der Waals surface area contributed by atoms with Gasteiger partial charge in [0, 0.05) is 0 Å². The summed E-state index contributed by atoms with van der Waals surface area (Å²) in [5.74, 6) is -0.675. The Bertz CT molecular complexity index is 463. The van der Waals surface area contributed by atoms with Crippen molar-refractivity contribution in [3.8, 4) is 0 Å². The number of aryl methyl sites for hydroxylation is 3. The fourth-order valence-corrected chi connectivity index (χ4v) is 3.57. The lowest BCUT2D eigenvalue weighted by Gasteiger charge is -2.32. The van der Waals surface area contributed by atoms with E-state index in [-0.39, 0.29) is 0 Å². The summed E-state index contributed by atoms with van der Waals surface area (Å²) in [5, 5.41) is 13.2. The number of carbonyl (C=O) groups is 1. The summed E-state index contributed by atoms with van der Waals surface area (Å²) in [6, 6.07) is 4.21. The minimum absolute atomic E-state index is 0.674. The van der Waals surface area contributed by atoms with Crippen molar-refractivity contribution in [2.24, 2.45) is 0 Å². The molecule has 19 heavy (non-hydrogen) atoms. The topological polar surface area (TPSA) is 49.3 Å². The van der Waals surface area contributed by atoms with Gasteiger partial charge in [-0.1, -0.05) is 17.7 Å². The van der Waals surface area contributed by atoms with Gasteiger partial charge in [-0.25, -0.2) is 0 Å². The van der Waals surface area contributed by atoms with E-state index in [1.54, 1.807) is 0 Å². The molecule has 0 amide bonds. The third kappa shape index (κ3) is 2.52. The van der Waals surface area contributed by atoms with E-state index in [1.807, 2.05) is 13.8 Å². The summed E-state index contributed by atoms with van der Waals surface area (Å²) >= 11 is 0. The Morgan fingerprint density at radius 1 is 1.16 bits per heavy atom. The lowest BCUT2D eigenvalue weighted by Crippen LogP contribution is -2.38. The second-order valence-electron chi connectivity index (χ2n) is 5.76. The number of hydrogen-bond acceptors (Lipinski definition) is 2. The van der Waals surface area contributed by atoms with Crippen LogP contribution in [0.4, 0.5) is 0 Å². The molecular formula is C16H23NO2. The van der Waals surface area contributed by atoms with Crippen LogP contribution in [-0.2, 0) is 10.2 Å². The molecule has 1 saturated heterocycles. The van der Waals surface area contributed by atoms with Crippen molar-refractivity contribution in [2.45, 2.75) is 45.4 Å². The number of rotatable bonds is 2. The van der Waals surface area contributed by atoms with Gasteiger partial charge in [-0.3, -0.25) is 4.79 Å². The maximum atomic E-state index is 12.0. The van der Waals surface area contributed by atoms with Gasteiger partial charge in [-0.05, 0) is 69.8 Å². The van der Waals surface area contributed by atoms with Crippen molar-refractivity contribution >= 4 is 5.97 Å². The van der Waals surface area contributed by atoms with Gasteiger partial charge in [-0.2, -0.15) is 0 Å². The summed E-state index contributed by atoms with van der Waals surface area (Å²) in [6.07, 6.45) is 2.31. The van der Waals surface area contributed by atoms with Crippen LogP contribution in [0, 0.1) is 20.8 Å². The quantitative estimate of drug-likeness (QED) is 0.860. The highest BCUT2D eigenvalue weighted by Crippen LogP contribution is 2.38. The van der Waals surface area contributed by atoms with Crippen LogP contribution < -0.4 is 5.32 Å². The predicted molar refractivity (Wildman–Crippen MR) is 76.7 cm³/mol. The fraction of sp³-hybridized carbons (Fsp3) is 0.562. The average Bonchev–Trinajstić information content (AvgIpc) is 2.54. The van der Waals surface area contributed by atoms with Crippen molar-refractivity contribution in [1.82, 2.24) is 5.32 Å². The zero-order chi connectivity index (χ0) is 14.0. The van der Waals surface area contributed by atoms with Gasteiger partial charge >= 0.3 is 5.97 Å². The first-order valence-electron chi connectivity index (χ1n) is 7.00. The SMILES string of the molecule is Cc1cc(C)c(C2(C(=O)O)CCCNCC2)c(C)c1. The standard InChI is InChI=1S/C16H23NO2/c1-11-9-12(2)14(13(3)10-11)16(15(18)19)5-4-7-17-8-6-16/h9-10,17H,4-8H2,1-3H3,(H,18,19). The van der Waals surface area contributed by atoms with Gasteiger partial charge in [-0.15, -0.1) is 0 Å². The Morgan fingerprint density at radius 2 is 1.79 bits per heavy atom. The zero-order valence-corrected chi connectivity index (χ0v) is 12.0. The molecule has 0 saturated carbocycles. The highest BCUT2D eigenvalue weighted by molar-refractivity contribution is 5.82. The largest absolute Gasteiger partial charge is 0.481 e. The molecule has 3 nitrogen and oxygen atoms in total. The minimum Gasteiger partial charge on any atom is -0.481 e.